The Morgan fingerprint density at radius 3 is 2.33 bits per heavy atom. The zero-order valence-electron chi connectivity index (χ0n) is 13.7. The number of carbonyl (C=O) groups excluding carboxylic acids is 2. The van der Waals surface area contributed by atoms with E-state index in [9.17, 15) is 9.59 Å². The van der Waals surface area contributed by atoms with Crippen molar-refractivity contribution < 1.29 is 19.1 Å². The topological polar surface area (TPSA) is 64.6 Å². The number of rotatable bonds is 6. The van der Waals surface area contributed by atoms with Crippen LogP contribution in [0.4, 0.5) is 5.69 Å². The van der Waals surface area contributed by atoms with E-state index in [4.69, 9.17) is 9.47 Å². The molecule has 0 fully saturated rings. The summed E-state index contributed by atoms with van der Waals surface area (Å²) in [6.07, 6.45) is 0. The molecule has 0 saturated heterocycles. The van der Waals surface area contributed by atoms with Gasteiger partial charge in [-0.1, -0.05) is 12.1 Å². The van der Waals surface area contributed by atoms with Crippen molar-refractivity contribution in [3.8, 4) is 5.75 Å². The summed E-state index contributed by atoms with van der Waals surface area (Å²) < 4.78 is 9.84. The average molecular weight is 345 g/mol. The average Bonchev–Trinajstić information content (AvgIpc) is 2.62. The maximum absolute atomic E-state index is 12.4. The quantitative estimate of drug-likeness (QED) is 0.640. The van der Waals surface area contributed by atoms with Crippen LogP contribution in [0.5, 0.6) is 5.75 Å². The summed E-state index contributed by atoms with van der Waals surface area (Å²) in [4.78, 5) is 25.1. The summed E-state index contributed by atoms with van der Waals surface area (Å²) in [6.45, 7) is 1.81. The molecular formula is C18H19NO4S. The highest BCUT2D eigenvalue weighted by Crippen LogP contribution is 2.26. The summed E-state index contributed by atoms with van der Waals surface area (Å²) >= 11 is 1.43. The first-order valence-electron chi connectivity index (χ1n) is 7.34. The molecule has 126 valence electrons. The number of ether oxygens (including phenoxy) is 2. The maximum atomic E-state index is 12.4. The van der Waals surface area contributed by atoms with Gasteiger partial charge in [0.15, 0.2) is 0 Å². The van der Waals surface area contributed by atoms with Gasteiger partial charge in [-0.05, 0) is 43.3 Å². The number of thioether (sulfide) groups is 1. The van der Waals surface area contributed by atoms with Gasteiger partial charge in [0.2, 0.25) is 5.91 Å². The zero-order chi connectivity index (χ0) is 17.5. The minimum absolute atomic E-state index is 0.188. The molecule has 1 N–H and O–H groups in total. The molecule has 0 aliphatic heterocycles. The highest BCUT2D eigenvalue weighted by atomic mass is 32.2. The number of amides is 1. The molecule has 0 spiro atoms. The minimum Gasteiger partial charge on any atom is -0.497 e. The second kappa shape index (κ2) is 8.40. The highest BCUT2D eigenvalue weighted by molar-refractivity contribution is 8.00. The molecule has 0 heterocycles. The van der Waals surface area contributed by atoms with Crippen molar-refractivity contribution in [3.63, 3.8) is 0 Å². The first-order chi connectivity index (χ1) is 11.5. The van der Waals surface area contributed by atoms with Crippen LogP contribution in [0.1, 0.15) is 17.3 Å². The van der Waals surface area contributed by atoms with Crippen molar-refractivity contribution in [2.75, 3.05) is 19.5 Å². The predicted octanol–water partition coefficient (Wildman–Crippen LogP) is 3.60. The molecule has 6 heteroatoms. The molecule has 2 aromatic carbocycles. The van der Waals surface area contributed by atoms with Crippen LogP contribution in [0.15, 0.2) is 53.4 Å². The number of hydrogen-bond donors (Lipinski definition) is 1. The summed E-state index contributed by atoms with van der Waals surface area (Å²) in [5.74, 6) is 0.0944. The van der Waals surface area contributed by atoms with Crippen LogP contribution in [0, 0.1) is 0 Å². The smallest absolute Gasteiger partial charge is 0.339 e. The number of hydrogen-bond acceptors (Lipinski definition) is 5. The molecule has 0 radical (unpaired) electrons. The summed E-state index contributed by atoms with van der Waals surface area (Å²) in [6, 6.07) is 14.3. The Hall–Kier alpha value is -2.47. The number of esters is 1. The van der Waals surface area contributed by atoms with E-state index in [0.29, 0.717) is 11.3 Å². The van der Waals surface area contributed by atoms with Crippen molar-refractivity contribution in [1.82, 2.24) is 0 Å². The maximum Gasteiger partial charge on any atom is 0.339 e. The lowest BCUT2D eigenvalue weighted by molar-refractivity contribution is -0.115. The van der Waals surface area contributed by atoms with Crippen LogP contribution in [-0.2, 0) is 9.53 Å². The van der Waals surface area contributed by atoms with E-state index in [1.807, 2.05) is 31.2 Å². The fourth-order valence-electron chi connectivity index (χ4n) is 2.03. The van der Waals surface area contributed by atoms with E-state index >= 15 is 0 Å². The largest absolute Gasteiger partial charge is 0.497 e. The molecule has 0 aliphatic carbocycles. The molecule has 0 aromatic heterocycles. The van der Waals surface area contributed by atoms with E-state index in [2.05, 4.69) is 5.32 Å². The monoisotopic (exact) mass is 345 g/mol. The molecule has 0 bridgehead atoms. The Morgan fingerprint density at radius 2 is 1.71 bits per heavy atom. The summed E-state index contributed by atoms with van der Waals surface area (Å²) in [5.41, 5.74) is 0.770. The van der Waals surface area contributed by atoms with Gasteiger partial charge in [0.25, 0.3) is 0 Å². The molecule has 1 atom stereocenters. The van der Waals surface area contributed by atoms with Crippen LogP contribution in [-0.4, -0.2) is 31.3 Å². The Bertz CT molecular complexity index is 715. The molecule has 0 saturated carbocycles. The number of carbonyl (C=O) groups is 2. The van der Waals surface area contributed by atoms with Gasteiger partial charge in [-0.25, -0.2) is 4.79 Å². The molecule has 2 rings (SSSR count). The molecular weight excluding hydrogens is 326 g/mol. The van der Waals surface area contributed by atoms with Crippen LogP contribution in [0.2, 0.25) is 0 Å². The predicted molar refractivity (Wildman–Crippen MR) is 94.7 cm³/mol. The van der Waals surface area contributed by atoms with Gasteiger partial charge in [-0.15, -0.1) is 11.8 Å². The number of benzene rings is 2. The van der Waals surface area contributed by atoms with Gasteiger partial charge >= 0.3 is 5.97 Å². The van der Waals surface area contributed by atoms with Crippen LogP contribution in [0.3, 0.4) is 0 Å². The third-order valence-corrected chi connectivity index (χ3v) is 4.44. The number of methoxy groups -OCH3 is 2. The second-order valence-electron chi connectivity index (χ2n) is 4.96. The van der Waals surface area contributed by atoms with E-state index in [1.54, 1.807) is 31.4 Å². The Morgan fingerprint density at radius 1 is 1.04 bits per heavy atom. The third-order valence-electron chi connectivity index (χ3n) is 3.33. The molecule has 5 nitrogen and oxygen atoms in total. The SMILES string of the molecule is COC(=O)c1ccccc1NC(=O)C(C)Sc1ccc(OC)cc1. The van der Waals surface area contributed by atoms with Gasteiger partial charge in [0.1, 0.15) is 5.75 Å². The van der Waals surface area contributed by atoms with Gasteiger partial charge in [0.05, 0.1) is 30.7 Å². The van der Waals surface area contributed by atoms with Crippen LogP contribution < -0.4 is 10.1 Å². The summed E-state index contributed by atoms with van der Waals surface area (Å²) in [7, 11) is 2.92. The molecule has 24 heavy (non-hydrogen) atoms. The van der Waals surface area contributed by atoms with Crippen LogP contribution in [0.25, 0.3) is 0 Å². The van der Waals surface area contributed by atoms with Crippen molar-refractivity contribution in [2.45, 2.75) is 17.1 Å². The zero-order valence-corrected chi connectivity index (χ0v) is 14.6. The second-order valence-corrected chi connectivity index (χ2v) is 6.38. The standard InChI is InChI=1S/C18H19NO4S/c1-12(24-14-10-8-13(22-2)9-11-14)17(20)19-16-7-5-4-6-15(16)18(21)23-3/h4-12H,1-3H3,(H,19,20). The lowest BCUT2D eigenvalue weighted by atomic mass is 10.2. The number of nitrogens with one attached hydrogen (secondary N) is 1. The van der Waals surface area contributed by atoms with Gasteiger partial charge in [0, 0.05) is 4.90 Å². The van der Waals surface area contributed by atoms with E-state index in [1.165, 1.54) is 18.9 Å². The molecule has 1 unspecified atom stereocenters. The number of para-hydroxylation sites is 1. The lowest BCUT2D eigenvalue weighted by Crippen LogP contribution is -2.23. The van der Waals surface area contributed by atoms with Crippen molar-refractivity contribution in [2.24, 2.45) is 0 Å². The lowest BCUT2D eigenvalue weighted by Gasteiger charge is -2.14. The highest BCUT2D eigenvalue weighted by Gasteiger charge is 2.18. The fraction of sp³-hybridized carbons (Fsp3) is 0.222. The van der Waals surface area contributed by atoms with Gasteiger partial charge in [-0.3, -0.25) is 4.79 Å². The van der Waals surface area contributed by atoms with Crippen molar-refractivity contribution >= 4 is 29.3 Å². The number of anilines is 1. The van der Waals surface area contributed by atoms with Gasteiger partial charge < -0.3 is 14.8 Å². The first-order valence-corrected chi connectivity index (χ1v) is 8.22. The minimum atomic E-state index is -0.485. The normalized spacial score (nSPS) is 11.5. The fourth-order valence-corrected chi connectivity index (χ4v) is 2.89. The van der Waals surface area contributed by atoms with E-state index in [-0.39, 0.29) is 11.2 Å². The molecule has 2 aromatic rings. The first kappa shape index (κ1) is 17.9. The Balaban J connectivity index is 2.05. The van der Waals surface area contributed by atoms with Crippen LogP contribution >= 0.6 is 11.8 Å². The van der Waals surface area contributed by atoms with E-state index < -0.39 is 5.97 Å². The third kappa shape index (κ3) is 4.52. The van der Waals surface area contributed by atoms with Gasteiger partial charge in [-0.2, -0.15) is 0 Å². The Labute approximate surface area is 145 Å². The molecule has 0 aliphatic rings. The Kier molecular flexibility index (Phi) is 6.26. The van der Waals surface area contributed by atoms with Crippen molar-refractivity contribution in [1.29, 1.82) is 0 Å². The molecule has 1 amide bonds. The van der Waals surface area contributed by atoms with Crippen molar-refractivity contribution in [3.05, 3.63) is 54.1 Å². The van der Waals surface area contributed by atoms with E-state index in [0.717, 1.165) is 10.6 Å². The summed E-state index contributed by atoms with van der Waals surface area (Å²) in [5, 5.41) is 2.45.